The summed E-state index contributed by atoms with van der Waals surface area (Å²) in [7, 11) is 0. The third-order valence-corrected chi connectivity index (χ3v) is 0. The molecule has 0 aliphatic rings. The fourth-order valence-electron chi connectivity index (χ4n) is 0. The minimum Gasteiger partial charge on any atom is -1.00 e. The van der Waals surface area contributed by atoms with Crippen LogP contribution in [0.1, 0.15) is 0 Å². The van der Waals surface area contributed by atoms with E-state index in [2.05, 4.69) is 0 Å². The number of halogens is 8. The van der Waals surface area contributed by atoms with Crippen LogP contribution >= 0.6 is 49.6 Å². The summed E-state index contributed by atoms with van der Waals surface area (Å²) in [5, 5.41) is 0. The summed E-state index contributed by atoms with van der Waals surface area (Å²) in [6.07, 6.45) is 0. The number of hydrogen-bond acceptors (Lipinski definition) is 0. The van der Waals surface area contributed by atoms with Crippen LogP contribution in [-0.4, -0.2) is 0 Å². The van der Waals surface area contributed by atoms with Gasteiger partial charge in [-0.25, -0.2) is 0 Å². The Hall–Kier alpha value is 3.20. The standard InChI is InChI=1S/8ClH.Zr/h8*1H;/q;;;;;;;;+4/p-4. The molecule has 9 heavy (non-hydrogen) atoms. The summed E-state index contributed by atoms with van der Waals surface area (Å²) >= 11 is 0. The van der Waals surface area contributed by atoms with Gasteiger partial charge in [0.1, 0.15) is 0 Å². The predicted octanol–water partition coefficient (Wildman–Crippen LogP) is -10.3. The van der Waals surface area contributed by atoms with Crippen molar-refractivity contribution in [1.82, 2.24) is 0 Å². The average molecular weight is 379 g/mol. The van der Waals surface area contributed by atoms with Crippen LogP contribution in [0.4, 0.5) is 0 Å². The second kappa shape index (κ2) is 114. The van der Waals surface area contributed by atoms with Gasteiger partial charge in [-0.15, -0.1) is 49.6 Å². The molecule has 64 valence electrons. The molecule has 9 heteroatoms. The van der Waals surface area contributed by atoms with E-state index in [0.29, 0.717) is 0 Å². The first-order chi connectivity index (χ1) is 0. The van der Waals surface area contributed by atoms with Crippen molar-refractivity contribution in [1.29, 1.82) is 0 Å². The van der Waals surface area contributed by atoms with Gasteiger partial charge in [-0.1, -0.05) is 0 Å². The second-order valence-corrected chi connectivity index (χ2v) is 0. The van der Waals surface area contributed by atoms with Crippen LogP contribution in [-0.2, 0) is 26.2 Å². The number of hydrogen-bond donors (Lipinski definition) is 0. The molecular formula is H4Cl8Zr. The van der Waals surface area contributed by atoms with Gasteiger partial charge in [0, 0.05) is 0 Å². The minimum absolute atomic E-state index is 0. The van der Waals surface area contributed by atoms with E-state index in [0.717, 1.165) is 0 Å². The van der Waals surface area contributed by atoms with Crippen molar-refractivity contribution in [2.75, 3.05) is 0 Å². The molecule has 0 bridgehead atoms. The zero-order chi connectivity index (χ0) is 0. The Bertz CT molecular complexity index is 4.53. The van der Waals surface area contributed by atoms with E-state index in [1.54, 1.807) is 0 Å². The second-order valence-electron chi connectivity index (χ2n) is 0. The molecule has 0 fully saturated rings. The van der Waals surface area contributed by atoms with Crippen LogP contribution in [0, 0.1) is 0 Å². The number of rotatable bonds is 0. The minimum atomic E-state index is 0. The van der Waals surface area contributed by atoms with Crippen molar-refractivity contribution in [3.8, 4) is 0 Å². The Morgan fingerprint density at radius 2 is 0.333 bits per heavy atom. The van der Waals surface area contributed by atoms with Gasteiger partial charge in [-0.05, 0) is 0 Å². The molecular weight excluding hydrogens is 375 g/mol. The molecule has 0 atom stereocenters. The van der Waals surface area contributed by atoms with Crippen LogP contribution in [0.2, 0.25) is 0 Å². The largest absolute Gasteiger partial charge is 4.00 e. The molecule has 0 aromatic rings. The zero-order valence-electron chi connectivity index (χ0n) is 3.64. The van der Waals surface area contributed by atoms with Crippen molar-refractivity contribution in [3.05, 3.63) is 0 Å². The molecule has 0 radical (unpaired) electrons. The maximum absolute atomic E-state index is 0. The summed E-state index contributed by atoms with van der Waals surface area (Å²) < 4.78 is 0. The first kappa shape index (κ1) is 149. The van der Waals surface area contributed by atoms with E-state index in [-0.39, 0.29) is 125 Å². The van der Waals surface area contributed by atoms with E-state index in [4.69, 9.17) is 0 Å². The molecule has 0 nitrogen and oxygen atoms in total. The van der Waals surface area contributed by atoms with Crippen LogP contribution in [0.15, 0.2) is 0 Å². The third kappa shape index (κ3) is 92.5. The Labute approximate surface area is 124 Å². The maximum Gasteiger partial charge on any atom is 4.00 e. The molecule has 0 aromatic carbocycles. The Morgan fingerprint density at radius 3 is 0.333 bits per heavy atom. The summed E-state index contributed by atoms with van der Waals surface area (Å²) in [6, 6.07) is 0. The summed E-state index contributed by atoms with van der Waals surface area (Å²) in [4.78, 5) is 0. The van der Waals surface area contributed by atoms with E-state index in [1.807, 2.05) is 0 Å². The van der Waals surface area contributed by atoms with Crippen molar-refractivity contribution < 1.29 is 75.8 Å². The van der Waals surface area contributed by atoms with Gasteiger partial charge in [0.15, 0.2) is 0 Å². The molecule has 0 N–H and O–H groups in total. The molecule has 0 unspecified atom stereocenters. The van der Waals surface area contributed by atoms with Crippen molar-refractivity contribution in [3.63, 3.8) is 0 Å². The van der Waals surface area contributed by atoms with Gasteiger partial charge < -0.3 is 49.6 Å². The summed E-state index contributed by atoms with van der Waals surface area (Å²) in [6.45, 7) is 0. The quantitative estimate of drug-likeness (QED) is 0.393. The van der Waals surface area contributed by atoms with Crippen LogP contribution in [0.5, 0.6) is 0 Å². The van der Waals surface area contributed by atoms with E-state index in [1.165, 1.54) is 0 Å². The van der Waals surface area contributed by atoms with Gasteiger partial charge in [0.05, 0.1) is 0 Å². The molecule has 0 saturated carbocycles. The SMILES string of the molecule is Cl.Cl.Cl.Cl.[Cl-].[Cl-].[Cl-].[Cl-].[Zr+4]. The smallest absolute Gasteiger partial charge is 1.00 e. The molecule has 0 aliphatic heterocycles. The zero-order valence-corrected chi connectivity index (χ0v) is 12.4. The van der Waals surface area contributed by atoms with E-state index < -0.39 is 0 Å². The van der Waals surface area contributed by atoms with Gasteiger partial charge in [-0.2, -0.15) is 0 Å². The molecule has 0 rings (SSSR count). The van der Waals surface area contributed by atoms with Gasteiger partial charge in [0.25, 0.3) is 0 Å². The molecule has 0 spiro atoms. The summed E-state index contributed by atoms with van der Waals surface area (Å²) in [5.41, 5.74) is 0. The average Bonchev–Trinajstić information content (AvgIpc) is 0. The van der Waals surface area contributed by atoms with E-state index in [9.17, 15) is 0 Å². The normalized spacial score (nSPS) is 0. The Kier molecular flexibility index (Phi) is 1890. The van der Waals surface area contributed by atoms with Gasteiger partial charge in [-0.3, -0.25) is 0 Å². The predicted molar refractivity (Wildman–Crippen MR) is 29.0 cm³/mol. The van der Waals surface area contributed by atoms with E-state index >= 15 is 0 Å². The fourth-order valence-corrected chi connectivity index (χ4v) is 0. The van der Waals surface area contributed by atoms with Crippen LogP contribution in [0.3, 0.4) is 0 Å². The van der Waals surface area contributed by atoms with Crippen molar-refractivity contribution in [2.45, 2.75) is 0 Å². The topological polar surface area (TPSA) is 0 Å². The molecule has 0 aliphatic carbocycles. The first-order valence-electron chi connectivity index (χ1n) is 0. The Morgan fingerprint density at radius 1 is 0.333 bits per heavy atom. The van der Waals surface area contributed by atoms with Gasteiger partial charge in [0.2, 0.25) is 0 Å². The third-order valence-electron chi connectivity index (χ3n) is 0. The van der Waals surface area contributed by atoms with Crippen molar-refractivity contribution in [2.24, 2.45) is 0 Å². The van der Waals surface area contributed by atoms with Gasteiger partial charge >= 0.3 is 26.2 Å². The monoisotopic (exact) mass is 374 g/mol. The maximum atomic E-state index is 0. The first-order valence-corrected chi connectivity index (χ1v) is 0. The van der Waals surface area contributed by atoms with Crippen LogP contribution < -0.4 is 49.6 Å². The fraction of sp³-hybridized carbons (Fsp3) is 0. The molecule has 0 amide bonds. The molecule has 0 aromatic heterocycles. The molecule has 0 saturated heterocycles. The molecule has 0 heterocycles. The van der Waals surface area contributed by atoms with Crippen molar-refractivity contribution >= 4 is 49.6 Å². The van der Waals surface area contributed by atoms with Crippen LogP contribution in [0.25, 0.3) is 0 Å². The summed E-state index contributed by atoms with van der Waals surface area (Å²) in [5.74, 6) is 0. The Balaban J connectivity index is 0.